The Hall–Kier alpha value is -1.87. The van der Waals surface area contributed by atoms with Crippen molar-refractivity contribution in [3.05, 3.63) is 58.8 Å². The van der Waals surface area contributed by atoms with Gasteiger partial charge < -0.3 is 10.8 Å². The highest BCUT2D eigenvalue weighted by molar-refractivity contribution is 5.48. The van der Waals surface area contributed by atoms with Crippen molar-refractivity contribution in [1.29, 1.82) is 0 Å². The molecule has 1 unspecified atom stereocenters. The number of aryl methyl sites for hydroxylation is 1. The number of anilines is 1. The number of aromatic nitrogens is 1. The van der Waals surface area contributed by atoms with E-state index in [1.165, 1.54) is 5.56 Å². The first-order chi connectivity index (χ1) is 9.49. The Bertz CT molecular complexity index is 556. The molecule has 2 rings (SSSR count). The van der Waals surface area contributed by atoms with Crippen LogP contribution >= 0.6 is 0 Å². The molecule has 0 fully saturated rings. The van der Waals surface area contributed by atoms with Gasteiger partial charge in [0.05, 0.1) is 0 Å². The van der Waals surface area contributed by atoms with E-state index < -0.39 is 6.10 Å². The monoisotopic (exact) mass is 270 g/mol. The van der Waals surface area contributed by atoms with E-state index in [0.717, 1.165) is 17.5 Å². The van der Waals surface area contributed by atoms with Crippen molar-refractivity contribution in [1.82, 2.24) is 4.98 Å². The maximum atomic E-state index is 10.5. The second-order valence-corrected chi connectivity index (χ2v) is 5.67. The van der Waals surface area contributed by atoms with Crippen LogP contribution in [0.1, 0.15) is 42.2 Å². The lowest BCUT2D eigenvalue weighted by Gasteiger charge is -2.16. The van der Waals surface area contributed by atoms with Crippen molar-refractivity contribution in [2.75, 3.05) is 5.73 Å². The van der Waals surface area contributed by atoms with E-state index >= 15 is 0 Å². The van der Waals surface area contributed by atoms with Crippen LogP contribution in [0.4, 0.5) is 5.82 Å². The summed E-state index contributed by atoms with van der Waals surface area (Å²) in [5.41, 5.74) is 9.67. The molecule has 106 valence electrons. The van der Waals surface area contributed by atoms with Gasteiger partial charge in [-0.1, -0.05) is 38.1 Å². The number of nitrogens with two attached hydrogens (primary N) is 1. The van der Waals surface area contributed by atoms with Gasteiger partial charge in [-0.25, -0.2) is 4.98 Å². The Morgan fingerprint density at radius 2 is 1.80 bits per heavy atom. The van der Waals surface area contributed by atoms with Gasteiger partial charge in [0.1, 0.15) is 11.9 Å². The number of hydrogen-bond acceptors (Lipinski definition) is 3. The van der Waals surface area contributed by atoms with Crippen molar-refractivity contribution in [3.8, 4) is 0 Å². The first kappa shape index (κ1) is 14.5. The minimum absolute atomic E-state index is 0.392. The number of aliphatic hydroxyl groups is 1. The highest BCUT2D eigenvalue weighted by atomic mass is 16.3. The number of aliphatic hydroxyl groups excluding tert-OH is 1. The molecule has 0 saturated heterocycles. The number of nitrogen functional groups attached to an aromatic ring is 1. The summed E-state index contributed by atoms with van der Waals surface area (Å²) in [4.78, 5) is 4.06. The highest BCUT2D eigenvalue weighted by Gasteiger charge is 2.16. The third-order valence-corrected chi connectivity index (χ3v) is 3.45. The summed E-state index contributed by atoms with van der Waals surface area (Å²) in [6.07, 6.45) is 1.98. The lowest BCUT2D eigenvalue weighted by molar-refractivity contribution is 0.220. The van der Waals surface area contributed by atoms with Crippen LogP contribution in [0.5, 0.6) is 0 Å². The van der Waals surface area contributed by atoms with Crippen LogP contribution in [0.2, 0.25) is 0 Å². The summed E-state index contributed by atoms with van der Waals surface area (Å²) in [5.74, 6) is 1.02. The average molecular weight is 270 g/mol. The molecule has 20 heavy (non-hydrogen) atoms. The Labute approximate surface area is 120 Å². The summed E-state index contributed by atoms with van der Waals surface area (Å²) < 4.78 is 0. The summed E-state index contributed by atoms with van der Waals surface area (Å²) in [6, 6.07) is 9.94. The maximum absolute atomic E-state index is 10.5. The molecule has 0 spiro atoms. The smallest absolute Gasteiger partial charge is 0.129 e. The number of hydrogen-bond donors (Lipinski definition) is 2. The van der Waals surface area contributed by atoms with Gasteiger partial charge in [-0.05, 0) is 42.0 Å². The predicted octanol–water partition coefficient (Wildman–Crippen LogP) is 3.25. The molecule has 2 aromatic rings. The average Bonchev–Trinajstić information content (AvgIpc) is 2.38. The third-order valence-electron chi connectivity index (χ3n) is 3.45. The lowest BCUT2D eigenvalue weighted by atomic mass is 9.96. The van der Waals surface area contributed by atoms with Crippen molar-refractivity contribution in [2.24, 2.45) is 5.92 Å². The zero-order valence-corrected chi connectivity index (χ0v) is 12.3. The molecule has 1 heterocycles. The molecule has 0 bridgehead atoms. The van der Waals surface area contributed by atoms with Crippen molar-refractivity contribution in [3.63, 3.8) is 0 Å². The summed E-state index contributed by atoms with van der Waals surface area (Å²) in [7, 11) is 0. The van der Waals surface area contributed by atoms with Gasteiger partial charge in [0.15, 0.2) is 0 Å². The molecule has 1 aromatic heterocycles. The SMILES string of the molecule is Cc1ccnc(N)c1C(O)c1ccc(CC(C)C)cc1. The van der Waals surface area contributed by atoms with Gasteiger partial charge in [-0.2, -0.15) is 0 Å². The maximum Gasteiger partial charge on any atom is 0.129 e. The Morgan fingerprint density at radius 3 is 2.35 bits per heavy atom. The van der Waals surface area contributed by atoms with Crippen LogP contribution in [0.3, 0.4) is 0 Å². The van der Waals surface area contributed by atoms with Crippen LogP contribution in [-0.4, -0.2) is 10.1 Å². The molecule has 3 nitrogen and oxygen atoms in total. The second-order valence-electron chi connectivity index (χ2n) is 5.67. The number of pyridine rings is 1. The van der Waals surface area contributed by atoms with Crippen molar-refractivity contribution < 1.29 is 5.11 Å². The number of benzene rings is 1. The topological polar surface area (TPSA) is 59.1 Å². The van der Waals surface area contributed by atoms with Gasteiger partial charge >= 0.3 is 0 Å². The van der Waals surface area contributed by atoms with E-state index in [0.29, 0.717) is 17.3 Å². The molecule has 0 amide bonds. The molecular formula is C17H22N2O. The minimum Gasteiger partial charge on any atom is -0.384 e. The zero-order chi connectivity index (χ0) is 14.7. The second kappa shape index (κ2) is 6.06. The van der Waals surface area contributed by atoms with E-state index in [-0.39, 0.29) is 0 Å². The fraction of sp³-hybridized carbons (Fsp3) is 0.353. The first-order valence-electron chi connectivity index (χ1n) is 6.97. The molecule has 3 N–H and O–H groups in total. The molecule has 0 aliphatic heterocycles. The Balaban J connectivity index is 2.27. The quantitative estimate of drug-likeness (QED) is 0.896. The zero-order valence-electron chi connectivity index (χ0n) is 12.3. The van der Waals surface area contributed by atoms with E-state index in [2.05, 4.69) is 31.0 Å². The molecule has 0 radical (unpaired) electrons. The molecule has 3 heteroatoms. The molecular weight excluding hydrogens is 248 g/mol. The van der Waals surface area contributed by atoms with Gasteiger partial charge in [-0.15, -0.1) is 0 Å². The van der Waals surface area contributed by atoms with Gasteiger partial charge in [0, 0.05) is 11.8 Å². The van der Waals surface area contributed by atoms with Crippen LogP contribution in [0.25, 0.3) is 0 Å². The first-order valence-corrected chi connectivity index (χ1v) is 6.97. The third kappa shape index (κ3) is 3.17. The van der Waals surface area contributed by atoms with Crippen molar-refractivity contribution in [2.45, 2.75) is 33.3 Å². The standard InChI is InChI=1S/C17H22N2O/c1-11(2)10-13-4-6-14(7-5-13)16(20)15-12(3)8-9-19-17(15)18/h4-9,11,16,20H,10H2,1-3H3,(H2,18,19). The molecule has 0 saturated carbocycles. The fourth-order valence-electron chi connectivity index (χ4n) is 2.42. The minimum atomic E-state index is -0.725. The van der Waals surface area contributed by atoms with Gasteiger partial charge in [0.2, 0.25) is 0 Å². The molecule has 0 aliphatic carbocycles. The van der Waals surface area contributed by atoms with Crippen LogP contribution < -0.4 is 5.73 Å². The van der Waals surface area contributed by atoms with Crippen LogP contribution in [-0.2, 0) is 6.42 Å². The van der Waals surface area contributed by atoms with Crippen LogP contribution in [0.15, 0.2) is 36.5 Å². The van der Waals surface area contributed by atoms with Crippen molar-refractivity contribution >= 4 is 5.82 Å². The van der Waals surface area contributed by atoms with E-state index in [1.54, 1.807) is 6.20 Å². The largest absolute Gasteiger partial charge is 0.384 e. The number of nitrogens with zero attached hydrogens (tertiary/aromatic N) is 1. The fourth-order valence-corrected chi connectivity index (χ4v) is 2.42. The lowest BCUT2D eigenvalue weighted by Crippen LogP contribution is -2.07. The predicted molar refractivity (Wildman–Crippen MR) is 82.4 cm³/mol. The summed E-state index contributed by atoms with van der Waals surface area (Å²) >= 11 is 0. The van der Waals surface area contributed by atoms with E-state index in [1.807, 2.05) is 25.1 Å². The normalized spacial score (nSPS) is 12.7. The van der Waals surface area contributed by atoms with E-state index in [9.17, 15) is 5.11 Å². The molecule has 1 aromatic carbocycles. The number of rotatable bonds is 4. The van der Waals surface area contributed by atoms with Crippen LogP contribution in [0, 0.1) is 12.8 Å². The Kier molecular flexibility index (Phi) is 4.40. The van der Waals surface area contributed by atoms with E-state index in [4.69, 9.17) is 5.73 Å². The Morgan fingerprint density at radius 1 is 1.15 bits per heavy atom. The van der Waals surface area contributed by atoms with Gasteiger partial charge in [0.25, 0.3) is 0 Å². The highest BCUT2D eigenvalue weighted by Crippen LogP contribution is 2.28. The summed E-state index contributed by atoms with van der Waals surface area (Å²) in [5, 5.41) is 10.5. The molecule has 0 aliphatic rings. The summed E-state index contributed by atoms with van der Waals surface area (Å²) in [6.45, 7) is 6.33. The molecule has 1 atom stereocenters. The van der Waals surface area contributed by atoms with Gasteiger partial charge in [-0.3, -0.25) is 0 Å².